The molecule has 4 aromatic rings. The normalized spacial score (nSPS) is 13.7. The van der Waals surface area contributed by atoms with Crippen LogP contribution in [0, 0.1) is 0 Å². The van der Waals surface area contributed by atoms with Gasteiger partial charge < -0.3 is 9.80 Å². The lowest BCUT2D eigenvalue weighted by Gasteiger charge is -2.35. The molecule has 0 fully saturated rings. The molecular formula is C22H19N5. The Bertz CT molecular complexity index is 1110. The Morgan fingerprint density at radius 3 is 2.52 bits per heavy atom. The Morgan fingerprint density at radius 2 is 1.63 bits per heavy atom. The predicted octanol–water partition coefficient (Wildman–Crippen LogP) is 4.28. The van der Waals surface area contributed by atoms with Crippen LogP contribution in [0.3, 0.4) is 0 Å². The molecule has 5 heteroatoms. The van der Waals surface area contributed by atoms with Crippen molar-refractivity contribution >= 4 is 28.2 Å². The molecule has 27 heavy (non-hydrogen) atoms. The zero-order valence-electron chi connectivity index (χ0n) is 15.1. The highest BCUT2D eigenvalue weighted by atomic mass is 15.3. The maximum absolute atomic E-state index is 5.06. The average Bonchev–Trinajstić information content (AvgIpc) is 2.74. The summed E-state index contributed by atoms with van der Waals surface area (Å²) in [5.74, 6) is 1.91. The van der Waals surface area contributed by atoms with Crippen molar-refractivity contribution in [3.05, 3.63) is 73.1 Å². The smallest absolute Gasteiger partial charge is 0.152 e. The van der Waals surface area contributed by atoms with Crippen LogP contribution in [0.2, 0.25) is 0 Å². The number of hydrogen-bond acceptors (Lipinski definition) is 5. The van der Waals surface area contributed by atoms with E-state index in [2.05, 4.69) is 57.1 Å². The maximum atomic E-state index is 5.06. The summed E-state index contributed by atoms with van der Waals surface area (Å²) in [6, 6.07) is 20.5. The molecule has 5 nitrogen and oxygen atoms in total. The number of pyridine rings is 3. The van der Waals surface area contributed by atoms with E-state index < -0.39 is 0 Å². The summed E-state index contributed by atoms with van der Waals surface area (Å²) in [5, 5.41) is 1.05. The molecule has 132 valence electrons. The molecule has 0 radical (unpaired) electrons. The van der Waals surface area contributed by atoms with Gasteiger partial charge >= 0.3 is 0 Å². The third-order valence-corrected chi connectivity index (χ3v) is 4.98. The first-order chi connectivity index (χ1) is 13.3. The summed E-state index contributed by atoms with van der Waals surface area (Å²) in [6.45, 7) is 1.74. The molecule has 0 aliphatic carbocycles. The van der Waals surface area contributed by atoms with E-state index in [1.54, 1.807) is 0 Å². The van der Waals surface area contributed by atoms with E-state index in [0.29, 0.717) is 0 Å². The molecule has 5 rings (SSSR count). The number of anilines is 3. The number of rotatable bonds is 2. The minimum absolute atomic E-state index is 0.852. The Morgan fingerprint density at radius 1 is 0.815 bits per heavy atom. The van der Waals surface area contributed by atoms with Crippen LogP contribution < -0.4 is 9.80 Å². The van der Waals surface area contributed by atoms with Crippen LogP contribution in [-0.2, 0) is 0 Å². The van der Waals surface area contributed by atoms with Gasteiger partial charge in [-0.25, -0.2) is 9.97 Å². The van der Waals surface area contributed by atoms with E-state index in [1.807, 2.05) is 42.7 Å². The number of hydrogen-bond donors (Lipinski definition) is 0. The van der Waals surface area contributed by atoms with Crippen molar-refractivity contribution in [1.29, 1.82) is 0 Å². The lowest BCUT2D eigenvalue weighted by atomic mass is 10.1. The lowest BCUT2D eigenvalue weighted by Crippen LogP contribution is -2.37. The van der Waals surface area contributed by atoms with Gasteiger partial charge in [0, 0.05) is 43.5 Å². The van der Waals surface area contributed by atoms with Gasteiger partial charge in [-0.2, -0.15) is 0 Å². The largest absolute Gasteiger partial charge is 0.356 e. The van der Waals surface area contributed by atoms with Gasteiger partial charge in [0.2, 0.25) is 0 Å². The number of benzene rings is 1. The second kappa shape index (κ2) is 6.36. The molecule has 0 atom stereocenters. The molecule has 0 amide bonds. The molecule has 3 aromatic heterocycles. The van der Waals surface area contributed by atoms with Crippen LogP contribution in [0.25, 0.3) is 22.2 Å². The first-order valence-electron chi connectivity index (χ1n) is 9.06. The van der Waals surface area contributed by atoms with Crippen LogP contribution in [0.15, 0.2) is 73.1 Å². The van der Waals surface area contributed by atoms with Crippen molar-refractivity contribution in [3.63, 3.8) is 0 Å². The van der Waals surface area contributed by atoms with Gasteiger partial charge in [-0.15, -0.1) is 0 Å². The third kappa shape index (κ3) is 2.68. The van der Waals surface area contributed by atoms with Gasteiger partial charge in [0.15, 0.2) is 5.82 Å². The fraction of sp³-hybridized carbons (Fsp3) is 0.136. The lowest BCUT2D eigenvalue weighted by molar-refractivity contribution is 0.800. The Balaban J connectivity index is 1.75. The van der Waals surface area contributed by atoms with Crippen LogP contribution >= 0.6 is 0 Å². The van der Waals surface area contributed by atoms with Gasteiger partial charge in [-0.3, -0.25) is 4.98 Å². The number of likely N-dealkylation sites (N-methyl/N-ethyl adjacent to an activating group) is 1. The highest BCUT2D eigenvalue weighted by molar-refractivity contribution is 5.95. The van der Waals surface area contributed by atoms with E-state index in [-0.39, 0.29) is 0 Å². The molecule has 1 aliphatic rings. The predicted molar refractivity (Wildman–Crippen MR) is 109 cm³/mol. The highest BCUT2D eigenvalue weighted by Crippen LogP contribution is 2.38. The van der Waals surface area contributed by atoms with Crippen molar-refractivity contribution in [2.75, 3.05) is 29.9 Å². The van der Waals surface area contributed by atoms with Crippen molar-refractivity contribution in [2.24, 2.45) is 0 Å². The fourth-order valence-electron chi connectivity index (χ4n) is 3.61. The van der Waals surface area contributed by atoms with Gasteiger partial charge in [0.25, 0.3) is 0 Å². The zero-order chi connectivity index (χ0) is 18.2. The minimum atomic E-state index is 0.852. The molecule has 1 aromatic carbocycles. The SMILES string of the molecule is CN1CCN(c2nc(-c3ccccc3)cc3ncccc23)c2cccnc21. The van der Waals surface area contributed by atoms with Gasteiger partial charge in [0.05, 0.1) is 16.9 Å². The van der Waals surface area contributed by atoms with E-state index in [9.17, 15) is 0 Å². The Labute approximate surface area is 157 Å². The van der Waals surface area contributed by atoms with Gasteiger partial charge in [-0.05, 0) is 30.3 Å². The highest BCUT2D eigenvalue weighted by Gasteiger charge is 2.25. The summed E-state index contributed by atoms with van der Waals surface area (Å²) in [4.78, 5) is 18.7. The third-order valence-electron chi connectivity index (χ3n) is 4.98. The molecule has 0 unspecified atom stereocenters. The molecular weight excluding hydrogens is 334 g/mol. The van der Waals surface area contributed by atoms with E-state index in [0.717, 1.165) is 52.6 Å². The van der Waals surface area contributed by atoms with Crippen molar-refractivity contribution < 1.29 is 0 Å². The van der Waals surface area contributed by atoms with E-state index in [4.69, 9.17) is 4.98 Å². The summed E-state index contributed by atoms with van der Waals surface area (Å²) in [5.41, 5.74) is 4.05. The molecule has 1 aliphatic heterocycles. The number of aromatic nitrogens is 3. The number of fused-ring (bicyclic) bond motifs is 2. The van der Waals surface area contributed by atoms with Gasteiger partial charge in [-0.1, -0.05) is 30.3 Å². The second-order valence-corrected chi connectivity index (χ2v) is 6.69. The fourth-order valence-corrected chi connectivity index (χ4v) is 3.61. The summed E-state index contributed by atoms with van der Waals surface area (Å²) in [6.07, 6.45) is 3.67. The maximum Gasteiger partial charge on any atom is 0.152 e. The van der Waals surface area contributed by atoms with Crippen LogP contribution in [0.1, 0.15) is 0 Å². The van der Waals surface area contributed by atoms with E-state index >= 15 is 0 Å². The van der Waals surface area contributed by atoms with Crippen molar-refractivity contribution in [1.82, 2.24) is 15.0 Å². The molecule has 0 spiro atoms. The molecule has 4 heterocycles. The number of nitrogens with zero attached hydrogens (tertiary/aromatic N) is 5. The summed E-state index contributed by atoms with van der Waals surface area (Å²) in [7, 11) is 2.08. The summed E-state index contributed by atoms with van der Waals surface area (Å²) < 4.78 is 0. The first kappa shape index (κ1) is 15.8. The quantitative estimate of drug-likeness (QED) is 0.538. The molecule has 0 saturated heterocycles. The standard InChI is InChI=1S/C22H19N5/c1-26-13-14-27(20-10-6-12-24-22(20)26)21-17-9-5-11-23-19(17)15-18(25-21)16-7-3-2-4-8-16/h2-12,15H,13-14H2,1H3. The average molecular weight is 353 g/mol. The second-order valence-electron chi connectivity index (χ2n) is 6.69. The first-order valence-corrected chi connectivity index (χ1v) is 9.06. The summed E-state index contributed by atoms with van der Waals surface area (Å²) >= 11 is 0. The van der Waals surface area contributed by atoms with Crippen molar-refractivity contribution in [2.45, 2.75) is 0 Å². The van der Waals surface area contributed by atoms with E-state index in [1.165, 1.54) is 0 Å². The zero-order valence-corrected chi connectivity index (χ0v) is 15.1. The van der Waals surface area contributed by atoms with Crippen LogP contribution in [0.4, 0.5) is 17.3 Å². The molecule has 0 N–H and O–H groups in total. The van der Waals surface area contributed by atoms with Crippen LogP contribution in [-0.4, -0.2) is 35.1 Å². The Hall–Kier alpha value is -3.47. The minimum Gasteiger partial charge on any atom is -0.356 e. The monoisotopic (exact) mass is 353 g/mol. The van der Waals surface area contributed by atoms with Crippen LogP contribution in [0.5, 0.6) is 0 Å². The topological polar surface area (TPSA) is 45.2 Å². The molecule has 0 saturated carbocycles. The Kier molecular flexibility index (Phi) is 3.71. The van der Waals surface area contributed by atoms with Crippen molar-refractivity contribution in [3.8, 4) is 11.3 Å². The van der Waals surface area contributed by atoms with Gasteiger partial charge in [0.1, 0.15) is 5.82 Å². The molecule has 0 bridgehead atoms.